The highest BCUT2D eigenvalue weighted by Crippen LogP contribution is 2.32. The monoisotopic (exact) mass is 298 g/mol. The zero-order valence-electron chi connectivity index (χ0n) is 11.4. The highest BCUT2D eigenvalue weighted by molar-refractivity contribution is 5.95. The molecular formula is C14H16F2N2O3. The standard InChI is InChI=1S/C14H16F2N2O3/c15-10-8-11(16)12(17)7-9(10)13(19)18-3-1-14(2-4-18)20-5-6-21-14/h7-8H,1-6,17H2. The van der Waals surface area contributed by atoms with Crippen molar-refractivity contribution in [3.63, 3.8) is 0 Å². The smallest absolute Gasteiger partial charge is 0.256 e. The number of halogens is 2. The van der Waals surface area contributed by atoms with Crippen LogP contribution in [0.1, 0.15) is 23.2 Å². The van der Waals surface area contributed by atoms with Gasteiger partial charge < -0.3 is 20.1 Å². The van der Waals surface area contributed by atoms with Gasteiger partial charge in [-0.05, 0) is 6.07 Å². The molecule has 2 aliphatic rings. The minimum Gasteiger partial charge on any atom is -0.396 e. The van der Waals surface area contributed by atoms with Crippen LogP contribution in [0.4, 0.5) is 14.5 Å². The van der Waals surface area contributed by atoms with Crippen molar-refractivity contribution in [3.8, 4) is 0 Å². The van der Waals surface area contributed by atoms with Gasteiger partial charge in [-0.1, -0.05) is 0 Å². The fraction of sp³-hybridized carbons (Fsp3) is 0.500. The summed E-state index contributed by atoms with van der Waals surface area (Å²) in [5.74, 6) is -2.86. The van der Waals surface area contributed by atoms with Crippen molar-refractivity contribution < 1.29 is 23.0 Å². The van der Waals surface area contributed by atoms with Gasteiger partial charge in [0.2, 0.25) is 0 Å². The van der Waals surface area contributed by atoms with Crippen molar-refractivity contribution in [2.45, 2.75) is 18.6 Å². The topological polar surface area (TPSA) is 64.8 Å². The second-order valence-electron chi connectivity index (χ2n) is 5.25. The van der Waals surface area contributed by atoms with Crippen LogP contribution in [0.25, 0.3) is 0 Å². The molecule has 1 amide bonds. The van der Waals surface area contributed by atoms with E-state index in [1.807, 2.05) is 0 Å². The van der Waals surface area contributed by atoms with Crippen molar-refractivity contribution >= 4 is 11.6 Å². The Balaban J connectivity index is 1.73. The number of likely N-dealkylation sites (tertiary alicyclic amines) is 1. The molecule has 2 fully saturated rings. The number of hydrogen-bond donors (Lipinski definition) is 1. The number of nitrogens with zero attached hydrogens (tertiary/aromatic N) is 1. The van der Waals surface area contributed by atoms with E-state index in [9.17, 15) is 13.6 Å². The molecule has 3 rings (SSSR count). The van der Waals surface area contributed by atoms with Gasteiger partial charge in [0, 0.05) is 32.0 Å². The van der Waals surface area contributed by atoms with Gasteiger partial charge in [-0.2, -0.15) is 0 Å². The molecule has 0 radical (unpaired) electrons. The molecule has 5 nitrogen and oxygen atoms in total. The molecule has 2 aliphatic heterocycles. The molecule has 1 aromatic rings. The number of anilines is 1. The third-order valence-corrected chi connectivity index (χ3v) is 3.94. The largest absolute Gasteiger partial charge is 0.396 e. The average molecular weight is 298 g/mol. The Morgan fingerprint density at radius 3 is 2.38 bits per heavy atom. The molecular weight excluding hydrogens is 282 g/mol. The predicted molar refractivity (Wildman–Crippen MR) is 70.5 cm³/mol. The highest BCUT2D eigenvalue weighted by Gasteiger charge is 2.41. The fourth-order valence-electron chi connectivity index (χ4n) is 2.74. The van der Waals surface area contributed by atoms with Crippen molar-refractivity contribution in [1.29, 1.82) is 0 Å². The van der Waals surface area contributed by atoms with E-state index in [1.165, 1.54) is 4.90 Å². The van der Waals surface area contributed by atoms with Gasteiger partial charge in [0.05, 0.1) is 24.5 Å². The van der Waals surface area contributed by atoms with Gasteiger partial charge in [-0.25, -0.2) is 8.78 Å². The van der Waals surface area contributed by atoms with Crippen LogP contribution in [-0.4, -0.2) is 42.9 Å². The van der Waals surface area contributed by atoms with Gasteiger partial charge in [0.15, 0.2) is 5.79 Å². The summed E-state index contributed by atoms with van der Waals surface area (Å²) < 4.78 is 38.0. The molecule has 21 heavy (non-hydrogen) atoms. The lowest BCUT2D eigenvalue weighted by atomic mass is 10.0. The van der Waals surface area contributed by atoms with E-state index in [1.54, 1.807) is 0 Å². The van der Waals surface area contributed by atoms with Crippen LogP contribution in [0.2, 0.25) is 0 Å². The third-order valence-electron chi connectivity index (χ3n) is 3.94. The molecule has 2 N–H and O–H groups in total. The molecule has 2 heterocycles. The maximum atomic E-state index is 13.7. The van der Waals surface area contributed by atoms with E-state index in [-0.39, 0.29) is 11.3 Å². The van der Waals surface area contributed by atoms with Crippen molar-refractivity contribution in [2.24, 2.45) is 0 Å². The number of amides is 1. The van der Waals surface area contributed by atoms with Gasteiger partial charge in [-0.15, -0.1) is 0 Å². The van der Waals surface area contributed by atoms with Crippen LogP contribution in [-0.2, 0) is 9.47 Å². The molecule has 2 saturated heterocycles. The van der Waals surface area contributed by atoms with Crippen LogP contribution < -0.4 is 5.73 Å². The normalized spacial score (nSPS) is 21.0. The van der Waals surface area contributed by atoms with Gasteiger partial charge in [0.1, 0.15) is 11.6 Å². The molecule has 0 atom stereocenters. The van der Waals surface area contributed by atoms with Crippen LogP contribution in [0.15, 0.2) is 12.1 Å². The van der Waals surface area contributed by atoms with E-state index in [2.05, 4.69) is 0 Å². The van der Waals surface area contributed by atoms with Gasteiger partial charge in [-0.3, -0.25) is 4.79 Å². The molecule has 0 bridgehead atoms. The quantitative estimate of drug-likeness (QED) is 0.799. The summed E-state index contributed by atoms with van der Waals surface area (Å²) in [4.78, 5) is 13.8. The molecule has 0 aromatic heterocycles. The molecule has 114 valence electrons. The average Bonchev–Trinajstić information content (AvgIpc) is 2.91. The number of hydrogen-bond acceptors (Lipinski definition) is 4. The minimum atomic E-state index is -0.902. The van der Waals surface area contributed by atoms with Gasteiger partial charge >= 0.3 is 0 Å². The van der Waals surface area contributed by atoms with Crippen molar-refractivity contribution in [1.82, 2.24) is 4.90 Å². The second kappa shape index (κ2) is 5.23. The lowest BCUT2D eigenvalue weighted by Crippen LogP contribution is -2.47. The minimum absolute atomic E-state index is 0.210. The Morgan fingerprint density at radius 1 is 1.14 bits per heavy atom. The molecule has 7 heteroatoms. The lowest BCUT2D eigenvalue weighted by Gasteiger charge is -2.37. The maximum absolute atomic E-state index is 13.7. The molecule has 1 aromatic carbocycles. The SMILES string of the molecule is Nc1cc(C(=O)N2CCC3(CC2)OCCO3)c(F)cc1F. The van der Waals surface area contributed by atoms with E-state index < -0.39 is 23.3 Å². The number of ether oxygens (including phenoxy) is 2. The number of rotatable bonds is 1. The van der Waals surface area contributed by atoms with E-state index >= 15 is 0 Å². The van der Waals surface area contributed by atoms with E-state index in [0.29, 0.717) is 45.2 Å². The van der Waals surface area contributed by atoms with E-state index in [0.717, 1.165) is 6.07 Å². The van der Waals surface area contributed by atoms with Gasteiger partial charge in [0.25, 0.3) is 5.91 Å². The molecule has 0 aliphatic carbocycles. The predicted octanol–water partition coefficient (Wildman–Crippen LogP) is 1.53. The van der Waals surface area contributed by atoms with E-state index in [4.69, 9.17) is 15.2 Å². The summed E-state index contributed by atoms with van der Waals surface area (Å²) in [6, 6.07) is 1.68. The summed E-state index contributed by atoms with van der Waals surface area (Å²) in [7, 11) is 0. The summed E-state index contributed by atoms with van der Waals surface area (Å²) in [5.41, 5.74) is 4.95. The number of nitrogens with two attached hydrogens (primary N) is 1. The fourth-order valence-corrected chi connectivity index (χ4v) is 2.74. The maximum Gasteiger partial charge on any atom is 0.256 e. The third kappa shape index (κ3) is 2.58. The van der Waals surface area contributed by atoms with Crippen molar-refractivity contribution in [2.75, 3.05) is 32.0 Å². The zero-order chi connectivity index (χ0) is 15.0. The summed E-state index contributed by atoms with van der Waals surface area (Å²) >= 11 is 0. The first kappa shape index (κ1) is 14.2. The first-order valence-electron chi connectivity index (χ1n) is 6.82. The first-order valence-corrected chi connectivity index (χ1v) is 6.82. The van der Waals surface area contributed by atoms with Crippen LogP contribution in [0.5, 0.6) is 0 Å². The summed E-state index contributed by atoms with van der Waals surface area (Å²) in [5, 5.41) is 0. The Labute approximate surface area is 120 Å². The summed E-state index contributed by atoms with van der Waals surface area (Å²) in [6.45, 7) is 1.90. The molecule has 0 saturated carbocycles. The number of nitrogen functional groups attached to an aromatic ring is 1. The molecule has 0 unspecified atom stereocenters. The Morgan fingerprint density at radius 2 is 1.76 bits per heavy atom. The van der Waals surface area contributed by atoms with Crippen LogP contribution >= 0.6 is 0 Å². The number of carbonyl (C=O) groups excluding carboxylic acids is 1. The number of benzene rings is 1. The number of piperidine rings is 1. The summed E-state index contributed by atoms with van der Waals surface area (Å²) in [6.07, 6.45) is 1.08. The second-order valence-corrected chi connectivity index (χ2v) is 5.25. The van der Waals surface area contributed by atoms with Crippen LogP contribution in [0.3, 0.4) is 0 Å². The van der Waals surface area contributed by atoms with Crippen LogP contribution in [0, 0.1) is 11.6 Å². The Hall–Kier alpha value is -1.73. The first-order chi connectivity index (χ1) is 10.0. The highest BCUT2D eigenvalue weighted by atomic mass is 19.1. The molecule has 1 spiro atoms. The zero-order valence-corrected chi connectivity index (χ0v) is 11.4. The Kier molecular flexibility index (Phi) is 3.54. The van der Waals surface area contributed by atoms with Crippen molar-refractivity contribution in [3.05, 3.63) is 29.3 Å². The number of carbonyl (C=O) groups is 1. The Bertz CT molecular complexity index is 564. The lowest BCUT2D eigenvalue weighted by molar-refractivity contribution is -0.181.